The van der Waals surface area contributed by atoms with E-state index in [1.165, 1.54) is 6.07 Å². The zero-order chi connectivity index (χ0) is 12.4. The van der Waals surface area contributed by atoms with Crippen LogP contribution in [0, 0.1) is 10.1 Å². The van der Waals surface area contributed by atoms with E-state index in [9.17, 15) is 14.9 Å². The number of non-ortho nitro benzene ring substituents is 1. The highest BCUT2D eigenvalue weighted by atomic mass is 35.5. The summed E-state index contributed by atoms with van der Waals surface area (Å²) in [6, 6.07) is 4.51. The SMILES string of the molecule is CNC(=O)[C@@H]1Cc2ccc([N+](=O)[O-])cc2CN1.[Cl-].[H+]. The highest BCUT2D eigenvalue weighted by Gasteiger charge is 2.24. The van der Waals surface area contributed by atoms with Gasteiger partial charge in [-0.05, 0) is 17.5 Å². The Labute approximate surface area is 112 Å². The second-order valence-corrected chi connectivity index (χ2v) is 3.96. The molecule has 2 N–H and O–H groups in total. The van der Waals surface area contributed by atoms with Gasteiger partial charge in [0.1, 0.15) is 0 Å². The number of amides is 1. The Balaban J connectivity index is 0.00000162. The molecule has 1 aliphatic heterocycles. The number of nitro groups is 1. The lowest BCUT2D eigenvalue weighted by Gasteiger charge is -2.24. The van der Waals surface area contributed by atoms with Crippen LogP contribution in [-0.2, 0) is 17.8 Å². The lowest BCUT2D eigenvalue weighted by Crippen LogP contribution is -3.00. The van der Waals surface area contributed by atoms with Gasteiger partial charge in [0.15, 0.2) is 0 Å². The van der Waals surface area contributed by atoms with Crippen LogP contribution in [0.25, 0.3) is 0 Å². The van der Waals surface area contributed by atoms with E-state index in [-0.39, 0.29) is 31.5 Å². The number of carbonyl (C=O) groups is 1. The first kappa shape index (κ1) is 14.4. The monoisotopic (exact) mass is 271 g/mol. The van der Waals surface area contributed by atoms with Gasteiger partial charge in [-0.15, -0.1) is 0 Å². The first-order valence-corrected chi connectivity index (χ1v) is 5.33. The van der Waals surface area contributed by atoms with Crippen molar-refractivity contribution in [2.24, 2.45) is 0 Å². The van der Waals surface area contributed by atoms with Gasteiger partial charge in [0.25, 0.3) is 5.69 Å². The van der Waals surface area contributed by atoms with Crippen LogP contribution in [0.15, 0.2) is 18.2 Å². The molecule has 0 bridgehead atoms. The van der Waals surface area contributed by atoms with Gasteiger partial charge < -0.3 is 23.0 Å². The third-order valence-corrected chi connectivity index (χ3v) is 2.93. The number of nitrogens with zero attached hydrogens (tertiary/aromatic N) is 1. The number of halogens is 1. The maximum absolute atomic E-state index is 11.5. The largest absolute Gasteiger partial charge is 1.00 e. The molecule has 1 aromatic carbocycles. The Hall–Kier alpha value is -1.66. The number of benzene rings is 1. The van der Waals surface area contributed by atoms with Crippen LogP contribution in [0.2, 0.25) is 0 Å². The van der Waals surface area contributed by atoms with Crippen molar-refractivity contribution < 1.29 is 23.6 Å². The first-order valence-electron chi connectivity index (χ1n) is 5.33. The van der Waals surface area contributed by atoms with Crippen molar-refractivity contribution >= 4 is 11.6 Å². The molecule has 0 aliphatic carbocycles. The third-order valence-electron chi connectivity index (χ3n) is 2.93. The number of nitrogens with one attached hydrogen (secondary N) is 2. The van der Waals surface area contributed by atoms with Gasteiger partial charge in [-0.2, -0.15) is 0 Å². The van der Waals surface area contributed by atoms with E-state index >= 15 is 0 Å². The summed E-state index contributed by atoms with van der Waals surface area (Å²) >= 11 is 0. The average molecular weight is 272 g/mol. The van der Waals surface area contributed by atoms with E-state index in [4.69, 9.17) is 0 Å². The summed E-state index contributed by atoms with van der Waals surface area (Å²) in [6.45, 7) is 0.481. The number of likely N-dealkylation sites (N-methyl/N-ethyl adjacent to an activating group) is 1. The molecular weight excluding hydrogens is 258 g/mol. The van der Waals surface area contributed by atoms with Crippen LogP contribution in [0.4, 0.5) is 5.69 Å². The van der Waals surface area contributed by atoms with Gasteiger partial charge in [-0.3, -0.25) is 14.9 Å². The molecule has 0 unspecified atom stereocenters. The van der Waals surface area contributed by atoms with Gasteiger partial charge in [-0.1, -0.05) is 6.07 Å². The number of nitro benzene ring substituents is 1. The molecule has 18 heavy (non-hydrogen) atoms. The van der Waals surface area contributed by atoms with Gasteiger partial charge in [0.05, 0.1) is 11.0 Å². The van der Waals surface area contributed by atoms with Crippen LogP contribution >= 0.6 is 0 Å². The summed E-state index contributed by atoms with van der Waals surface area (Å²) in [5, 5.41) is 16.3. The second kappa shape index (κ2) is 5.79. The van der Waals surface area contributed by atoms with Gasteiger partial charge in [-0.25, -0.2) is 0 Å². The standard InChI is InChI=1S/C11H13N3O3.ClH/c1-12-11(15)10-5-7-2-3-9(14(16)17)4-8(7)6-13-10;/h2-4,10,13H,5-6H2,1H3,(H,12,15);1H/t10-;/m0./s1. The van der Waals surface area contributed by atoms with Crippen LogP contribution in [0.3, 0.4) is 0 Å². The maximum Gasteiger partial charge on any atom is 1.00 e. The molecule has 0 saturated heterocycles. The number of rotatable bonds is 2. The molecule has 98 valence electrons. The molecule has 0 saturated carbocycles. The molecule has 1 aliphatic rings. The van der Waals surface area contributed by atoms with Crippen LogP contribution in [0.1, 0.15) is 12.6 Å². The van der Waals surface area contributed by atoms with Crippen LogP contribution in [0.5, 0.6) is 0 Å². The van der Waals surface area contributed by atoms with Crippen molar-refractivity contribution in [3.63, 3.8) is 0 Å². The minimum absolute atomic E-state index is 0. The smallest absolute Gasteiger partial charge is 1.00 e. The van der Waals surface area contributed by atoms with E-state index in [0.29, 0.717) is 13.0 Å². The number of hydrogen-bond acceptors (Lipinski definition) is 4. The molecule has 0 radical (unpaired) electrons. The van der Waals surface area contributed by atoms with Gasteiger partial charge in [0, 0.05) is 25.7 Å². The highest BCUT2D eigenvalue weighted by molar-refractivity contribution is 5.82. The molecule has 0 aromatic heterocycles. The Morgan fingerprint density at radius 3 is 2.89 bits per heavy atom. The molecule has 2 rings (SSSR count). The molecule has 1 heterocycles. The molecule has 1 atom stereocenters. The van der Waals surface area contributed by atoms with E-state index in [1.807, 2.05) is 0 Å². The summed E-state index contributed by atoms with van der Waals surface area (Å²) < 4.78 is 0. The maximum atomic E-state index is 11.5. The second-order valence-electron chi connectivity index (χ2n) is 3.96. The number of hydrogen-bond donors (Lipinski definition) is 2. The molecule has 0 spiro atoms. The predicted molar refractivity (Wildman–Crippen MR) is 62.6 cm³/mol. The molecular formula is C11H14ClN3O3. The molecule has 6 nitrogen and oxygen atoms in total. The van der Waals surface area contributed by atoms with Crippen LogP contribution < -0.4 is 23.0 Å². The fourth-order valence-corrected chi connectivity index (χ4v) is 1.97. The minimum atomic E-state index is -0.412. The van der Waals surface area contributed by atoms with E-state index < -0.39 is 4.92 Å². The Kier molecular flexibility index (Phi) is 4.63. The van der Waals surface area contributed by atoms with E-state index in [1.54, 1.807) is 19.2 Å². The topological polar surface area (TPSA) is 84.3 Å². The van der Waals surface area contributed by atoms with Crippen molar-refractivity contribution in [3.05, 3.63) is 39.4 Å². The van der Waals surface area contributed by atoms with Crippen molar-refractivity contribution in [3.8, 4) is 0 Å². The first-order chi connectivity index (χ1) is 8.11. The van der Waals surface area contributed by atoms with Gasteiger partial charge >= 0.3 is 1.43 Å². The fraction of sp³-hybridized carbons (Fsp3) is 0.364. The van der Waals surface area contributed by atoms with Crippen molar-refractivity contribution in [2.75, 3.05) is 7.05 Å². The normalized spacial score (nSPS) is 17.3. The fourth-order valence-electron chi connectivity index (χ4n) is 1.97. The number of carbonyl (C=O) groups excluding carboxylic acids is 1. The summed E-state index contributed by atoms with van der Waals surface area (Å²) in [5.74, 6) is -0.0611. The minimum Gasteiger partial charge on any atom is -1.00 e. The van der Waals surface area contributed by atoms with E-state index in [0.717, 1.165) is 11.1 Å². The number of fused-ring (bicyclic) bond motifs is 1. The Morgan fingerprint density at radius 2 is 2.28 bits per heavy atom. The van der Waals surface area contributed by atoms with Crippen molar-refractivity contribution in [1.29, 1.82) is 0 Å². The zero-order valence-corrected chi connectivity index (χ0v) is 10.5. The van der Waals surface area contributed by atoms with Crippen molar-refractivity contribution in [1.82, 2.24) is 10.6 Å². The zero-order valence-electron chi connectivity index (χ0n) is 10.8. The quantitative estimate of drug-likeness (QED) is 0.459. The summed E-state index contributed by atoms with van der Waals surface area (Å²) in [4.78, 5) is 21.7. The predicted octanol–water partition coefficient (Wildman–Crippen LogP) is -2.53. The van der Waals surface area contributed by atoms with E-state index in [2.05, 4.69) is 10.6 Å². The lowest BCUT2D eigenvalue weighted by molar-refractivity contribution is -0.384. The average Bonchev–Trinajstić information content (AvgIpc) is 2.36. The van der Waals surface area contributed by atoms with Crippen molar-refractivity contribution in [2.45, 2.75) is 19.0 Å². The van der Waals surface area contributed by atoms with Crippen LogP contribution in [-0.4, -0.2) is 23.9 Å². The summed E-state index contributed by atoms with van der Waals surface area (Å²) in [6.07, 6.45) is 0.563. The highest BCUT2D eigenvalue weighted by Crippen LogP contribution is 2.22. The molecule has 1 amide bonds. The Bertz CT molecular complexity index is 484. The van der Waals surface area contributed by atoms with Gasteiger partial charge in [0.2, 0.25) is 5.91 Å². The summed E-state index contributed by atoms with van der Waals surface area (Å²) in [5.41, 5.74) is 1.96. The third kappa shape index (κ3) is 2.77. The lowest BCUT2D eigenvalue weighted by atomic mass is 9.95. The summed E-state index contributed by atoms with van der Waals surface area (Å²) in [7, 11) is 1.59. The molecule has 0 fully saturated rings. The molecule has 1 aromatic rings. The Morgan fingerprint density at radius 1 is 1.56 bits per heavy atom. The molecule has 7 heteroatoms.